The summed E-state index contributed by atoms with van der Waals surface area (Å²) in [6, 6.07) is 18.1. The Kier molecular flexibility index (Phi) is 19.2. The van der Waals surface area contributed by atoms with E-state index in [-0.39, 0.29) is 103 Å². The van der Waals surface area contributed by atoms with Crippen LogP contribution in [0.2, 0.25) is 0 Å². The zero-order valence-corrected chi connectivity index (χ0v) is 49.0. The van der Waals surface area contributed by atoms with Crippen LogP contribution in [0.15, 0.2) is 83.7 Å². The number of halogens is 4. The largest absolute Gasteiger partial charge is 0.444 e. The summed E-state index contributed by atoms with van der Waals surface area (Å²) in [6.45, 7) is 7.90. The van der Waals surface area contributed by atoms with Gasteiger partial charge in [-0.3, -0.25) is 38.6 Å². The lowest BCUT2D eigenvalue weighted by molar-refractivity contribution is -0.140. The van der Waals surface area contributed by atoms with Crippen LogP contribution in [-0.4, -0.2) is 178 Å². The van der Waals surface area contributed by atoms with Gasteiger partial charge in [0.05, 0.1) is 47.5 Å². The summed E-state index contributed by atoms with van der Waals surface area (Å²) < 4.78 is 72.0. The van der Waals surface area contributed by atoms with Crippen LogP contribution < -0.4 is 10.9 Å². The second kappa shape index (κ2) is 26.9. The summed E-state index contributed by atoms with van der Waals surface area (Å²) in [5, 5.41) is 10.9. The number of nitrogens with zero attached hydrogens (tertiary/aromatic N) is 7. The number of piperazine rings is 1. The molecule has 0 spiro atoms. The normalized spacial score (nSPS) is 18.2. The van der Waals surface area contributed by atoms with E-state index in [1.54, 1.807) is 71.9 Å². The Labute approximate surface area is 497 Å². The lowest BCUT2D eigenvalue weighted by atomic mass is 9.83. The maximum Gasteiger partial charge on any atom is 0.411 e. The molecule has 22 heteroatoms. The first kappa shape index (κ1) is 61.4. The highest BCUT2D eigenvalue weighted by atomic mass is 19.1. The summed E-state index contributed by atoms with van der Waals surface area (Å²) >= 11 is 0. The van der Waals surface area contributed by atoms with Crippen LogP contribution >= 0.6 is 0 Å². The Hall–Kier alpha value is -7.72. The Bertz CT molecular complexity index is 3380. The molecule has 5 fully saturated rings. The van der Waals surface area contributed by atoms with Gasteiger partial charge in [0, 0.05) is 94.8 Å². The summed E-state index contributed by atoms with van der Waals surface area (Å²) in [7, 11) is 0. The fourth-order valence-electron chi connectivity index (χ4n) is 12.5. The molecule has 458 valence electrons. The summed E-state index contributed by atoms with van der Waals surface area (Å²) in [5.74, 6) is -5.53. The Morgan fingerprint density at radius 2 is 1.37 bits per heavy atom. The molecule has 5 aliphatic rings. The van der Waals surface area contributed by atoms with Gasteiger partial charge in [-0.2, -0.15) is 5.10 Å². The van der Waals surface area contributed by atoms with Gasteiger partial charge in [0.15, 0.2) is 0 Å². The number of hydrogen-bond acceptors (Lipinski definition) is 11. The van der Waals surface area contributed by atoms with E-state index in [9.17, 15) is 42.3 Å². The minimum atomic E-state index is -0.923. The smallest absolute Gasteiger partial charge is 0.411 e. The van der Waals surface area contributed by atoms with Gasteiger partial charge in [-0.25, -0.2) is 27.5 Å². The first-order chi connectivity index (χ1) is 41.2. The second-order valence-electron chi connectivity index (χ2n) is 24.5. The number of amides is 6. The van der Waals surface area contributed by atoms with Crippen LogP contribution in [0.5, 0.6) is 0 Å². The molecule has 5 heterocycles. The van der Waals surface area contributed by atoms with Crippen molar-refractivity contribution in [1.82, 2.24) is 44.9 Å². The van der Waals surface area contributed by atoms with Crippen LogP contribution in [-0.2, 0) is 36.8 Å². The van der Waals surface area contributed by atoms with Gasteiger partial charge >= 0.3 is 6.09 Å². The van der Waals surface area contributed by atoms with Crippen molar-refractivity contribution in [3.63, 3.8) is 0 Å². The molecule has 6 amide bonds. The van der Waals surface area contributed by atoms with Crippen LogP contribution in [0.3, 0.4) is 0 Å². The molecule has 4 aromatic carbocycles. The van der Waals surface area contributed by atoms with E-state index in [1.807, 2.05) is 6.07 Å². The fourth-order valence-corrected chi connectivity index (χ4v) is 12.5. The lowest BCUT2D eigenvalue weighted by Gasteiger charge is -2.41. The van der Waals surface area contributed by atoms with Crippen molar-refractivity contribution < 1.29 is 55.8 Å². The topological polar surface area (TPSA) is 198 Å². The van der Waals surface area contributed by atoms with Crippen molar-refractivity contribution in [2.24, 2.45) is 5.92 Å². The quantitative estimate of drug-likeness (QED) is 0.0925. The molecule has 0 unspecified atom stereocenters. The average Bonchev–Trinajstić information content (AvgIpc) is 2.20. The van der Waals surface area contributed by atoms with Gasteiger partial charge in [0.25, 0.3) is 17.4 Å². The molecule has 4 aliphatic heterocycles. The number of piperidine rings is 2. The Balaban J connectivity index is 0.663. The number of aromatic nitrogens is 2. The number of H-pyrrole nitrogens is 1. The number of aromatic amines is 1. The maximum atomic E-state index is 16.5. The molecule has 0 radical (unpaired) electrons. The van der Waals surface area contributed by atoms with Gasteiger partial charge in [0.2, 0.25) is 17.7 Å². The number of likely N-dealkylation sites (tertiary alicyclic amines) is 3. The van der Waals surface area contributed by atoms with Crippen LogP contribution in [0.25, 0.3) is 10.8 Å². The molecule has 1 atom stereocenters. The average molecular weight is 1190 g/mol. The highest BCUT2D eigenvalue weighted by molar-refractivity contribution is 5.98. The minimum absolute atomic E-state index is 0.0111. The third kappa shape index (κ3) is 14.7. The molecule has 0 bridgehead atoms. The van der Waals surface area contributed by atoms with Crippen LogP contribution in [0.1, 0.15) is 128 Å². The molecule has 18 nitrogen and oxygen atoms in total. The van der Waals surface area contributed by atoms with Crippen molar-refractivity contribution in [3.05, 3.63) is 146 Å². The third-order valence-corrected chi connectivity index (χ3v) is 17.3. The fraction of sp³-hybridized carbons (Fsp3) is 0.500. The number of carbonyl (C=O) groups is 6. The van der Waals surface area contributed by atoms with Crippen molar-refractivity contribution in [2.75, 3.05) is 78.5 Å². The SMILES string of the molecule is CC(C)(C)OC(=O)N(CC(=O)N1CC(c2cccc(C(=O)N[C@@H](C(=O)N3CCC(OC4CCN(CC(=O)N5CCN(C(=O)c6cc(Cc7n[nH]c(=O)c8ccccc78)ccc6F)CC5)CC4)CC3)C3CCCCC3)c2F)C1)Cc1ccc(F)cc1F. The van der Waals surface area contributed by atoms with Crippen LogP contribution in [0.4, 0.5) is 22.4 Å². The molecule has 4 saturated heterocycles. The van der Waals surface area contributed by atoms with Crippen molar-refractivity contribution in [3.8, 4) is 0 Å². The molecular weight excluding hydrogens is 1110 g/mol. The predicted octanol–water partition coefficient (Wildman–Crippen LogP) is 7.57. The van der Waals surface area contributed by atoms with E-state index >= 15 is 8.78 Å². The molecule has 5 aromatic rings. The van der Waals surface area contributed by atoms with Crippen molar-refractivity contribution in [2.45, 2.75) is 121 Å². The van der Waals surface area contributed by atoms with E-state index in [0.29, 0.717) is 80.2 Å². The van der Waals surface area contributed by atoms with Crippen molar-refractivity contribution in [1.29, 1.82) is 0 Å². The monoisotopic (exact) mass is 1190 g/mol. The second-order valence-corrected chi connectivity index (χ2v) is 24.5. The number of fused-ring (bicyclic) bond motifs is 1. The first-order valence-corrected chi connectivity index (χ1v) is 30.0. The van der Waals surface area contributed by atoms with Crippen molar-refractivity contribution >= 4 is 46.4 Å². The van der Waals surface area contributed by atoms with Crippen LogP contribution in [0, 0.1) is 29.2 Å². The van der Waals surface area contributed by atoms with Gasteiger partial charge in [0.1, 0.15) is 41.5 Å². The molecule has 86 heavy (non-hydrogen) atoms. The lowest BCUT2D eigenvalue weighted by Crippen LogP contribution is -2.55. The zero-order valence-electron chi connectivity index (χ0n) is 49.0. The Morgan fingerprint density at radius 3 is 2.06 bits per heavy atom. The summed E-state index contributed by atoms with van der Waals surface area (Å²) in [4.78, 5) is 104. The molecule has 1 saturated carbocycles. The molecule has 10 rings (SSSR count). The molecular formula is C64H75F4N9O9. The Morgan fingerprint density at radius 1 is 0.698 bits per heavy atom. The number of rotatable bonds is 16. The first-order valence-electron chi connectivity index (χ1n) is 30.0. The summed E-state index contributed by atoms with van der Waals surface area (Å²) in [5.41, 5.74) is -0.0120. The van der Waals surface area contributed by atoms with E-state index in [2.05, 4.69) is 20.4 Å². The number of benzene rings is 4. The van der Waals surface area contributed by atoms with E-state index < -0.39 is 71.2 Å². The number of hydrogen-bond donors (Lipinski definition) is 2. The van der Waals surface area contributed by atoms with Gasteiger partial charge in [-0.1, -0.05) is 61.7 Å². The third-order valence-electron chi connectivity index (χ3n) is 17.3. The standard InChI is InChI=1S/C64H75F4N9O9/c1-64(2,3)86-63(84)77(35-42-17-18-44(65)34-53(42)67)39-56(79)76-36-43(37-76)47-14-9-15-50(57(47)68)59(80)69-58(41-10-5-4-6-11-41)62(83)74-26-22-46(23-27-74)85-45-20-24-72(25-21-45)38-55(78)73-28-30-75(31-29-73)61(82)51-32-40(16-19-52(51)66)33-54-48-12-7-8-13-49(48)60(81)71-70-54/h7-9,12-19,32,34,41,43,45-46,58H,4-6,10-11,20-31,33,35-39H2,1-3H3,(H,69,80)(H,71,81)/t58-/m1/s1. The zero-order chi connectivity index (χ0) is 60.8. The molecule has 1 aromatic heterocycles. The highest BCUT2D eigenvalue weighted by Gasteiger charge is 2.40. The van der Waals surface area contributed by atoms with E-state index in [4.69, 9.17) is 9.47 Å². The number of carbonyl (C=O) groups excluding carboxylic acids is 6. The number of nitrogens with one attached hydrogen (secondary N) is 2. The van der Waals surface area contributed by atoms with E-state index in [0.717, 1.165) is 55.9 Å². The van der Waals surface area contributed by atoms with Gasteiger partial charge in [-0.05, 0) is 107 Å². The minimum Gasteiger partial charge on any atom is -0.444 e. The summed E-state index contributed by atoms with van der Waals surface area (Å²) in [6.07, 6.45) is 6.33. The predicted molar refractivity (Wildman–Crippen MR) is 311 cm³/mol. The van der Waals surface area contributed by atoms with Gasteiger partial charge < -0.3 is 34.4 Å². The number of ether oxygens (including phenoxy) is 2. The maximum absolute atomic E-state index is 16.5. The van der Waals surface area contributed by atoms with Gasteiger partial charge in [-0.15, -0.1) is 0 Å². The molecule has 2 N–H and O–H groups in total. The van der Waals surface area contributed by atoms with E-state index in [1.165, 1.54) is 29.2 Å². The molecule has 1 aliphatic carbocycles. The highest BCUT2D eigenvalue weighted by Crippen LogP contribution is 2.33.